The van der Waals surface area contributed by atoms with Gasteiger partial charge in [0.25, 0.3) is 0 Å². The Morgan fingerprint density at radius 1 is 1.17 bits per heavy atom. The topological polar surface area (TPSA) is 23.5 Å². The summed E-state index contributed by atoms with van der Waals surface area (Å²) in [5.74, 6) is 0.359. The molecule has 2 heteroatoms. The monoisotopic (exact) mass is 173 g/mol. The molecule has 0 bridgehead atoms. The number of aliphatic hydroxyl groups excluding tert-OH is 1. The van der Waals surface area contributed by atoms with E-state index in [1.807, 2.05) is 0 Å². The van der Waals surface area contributed by atoms with Gasteiger partial charge in [-0.3, -0.25) is 4.90 Å². The number of hydrogen-bond acceptors (Lipinski definition) is 2. The average Bonchev–Trinajstić information content (AvgIpc) is 1.98. The molecule has 74 valence electrons. The predicted octanol–water partition coefficient (Wildman–Crippen LogP) is 1.73. The maximum atomic E-state index is 9.64. The molecule has 0 aliphatic heterocycles. The molecule has 0 aromatic heterocycles. The molecule has 0 spiro atoms. The fourth-order valence-electron chi connectivity index (χ4n) is 1.16. The summed E-state index contributed by atoms with van der Waals surface area (Å²) < 4.78 is 0. The van der Waals surface area contributed by atoms with Gasteiger partial charge in [0.05, 0.1) is 6.10 Å². The summed E-state index contributed by atoms with van der Waals surface area (Å²) in [7, 11) is 0. The second-order valence-corrected chi connectivity index (χ2v) is 3.99. The lowest BCUT2D eigenvalue weighted by Crippen LogP contribution is -2.39. The van der Waals surface area contributed by atoms with Crippen LogP contribution in [0.2, 0.25) is 0 Å². The first-order valence-electron chi connectivity index (χ1n) is 4.91. The van der Waals surface area contributed by atoms with Crippen LogP contribution in [0.3, 0.4) is 0 Å². The van der Waals surface area contributed by atoms with Gasteiger partial charge in [-0.25, -0.2) is 0 Å². The first kappa shape index (κ1) is 11.9. The molecule has 0 radical (unpaired) electrons. The molecule has 0 aliphatic rings. The van der Waals surface area contributed by atoms with Crippen LogP contribution in [0.5, 0.6) is 0 Å². The zero-order valence-electron chi connectivity index (χ0n) is 9.04. The van der Waals surface area contributed by atoms with Crippen LogP contribution in [0.25, 0.3) is 0 Å². The summed E-state index contributed by atoms with van der Waals surface area (Å²) in [4.78, 5) is 2.28. The quantitative estimate of drug-likeness (QED) is 0.684. The van der Waals surface area contributed by atoms with Crippen LogP contribution in [0.4, 0.5) is 0 Å². The summed E-state index contributed by atoms with van der Waals surface area (Å²) in [6.07, 6.45) is -0.188. The minimum Gasteiger partial charge on any atom is -0.392 e. The SMILES string of the molecule is CCN(CC(O)C(C)C)C(C)C. The van der Waals surface area contributed by atoms with E-state index in [9.17, 15) is 5.11 Å². The van der Waals surface area contributed by atoms with E-state index < -0.39 is 0 Å². The van der Waals surface area contributed by atoms with Gasteiger partial charge in [0.1, 0.15) is 0 Å². The Labute approximate surface area is 76.6 Å². The van der Waals surface area contributed by atoms with Gasteiger partial charge < -0.3 is 5.11 Å². The highest BCUT2D eigenvalue weighted by Crippen LogP contribution is 2.06. The van der Waals surface area contributed by atoms with Crippen molar-refractivity contribution in [2.75, 3.05) is 13.1 Å². The second kappa shape index (κ2) is 5.55. The first-order valence-corrected chi connectivity index (χ1v) is 4.91. The third kappa shape index (κ3) is 4.07. The Balaban J connectivity index is 3.85. The summed E-state index contributed by atoms with van der Waals surface area (Å²) in [6.45, 7) is 12.4. The molecule has 0 aromatic rings. The van der Waals surface area contributed by atoms with Crippen LogP contribution >= 0.6 is 0 Å². The van der Waals surface area contributed by atoms with Crippen LogP contribution in [0.1, 0.15) is 34.6 Å². The highest BCUT2D eigenvalue weighted by Gasteiger charge is 2.15. The van der Waals surface area contributed by atoms with E-state index in [2.05, 4.69) is 39.5 Å². The first-order chi connectivity index (χ1) is 5.49. The Morgan fingerprint density at radius 2 is 1.67 bits per heavy atom. The van der Waals surface area contributed by atoms with Crippen molar-refractivity contribution in [1.29, 1.82) is 0 Å². The summed E-state index contributed by atoms with van der Waals surface area (Å²) in [6, 6.07) is 0.531. The molecular weight excluding hydrogens is 150 g/mol. The molecule has 1 N–H and O–H groups in total. The van der Waals surface area contributed by atoms with Crippen molar-refractivity contribution in [3.8, 4) is 0 Å². The lowest BCUT2D eigenvalue weighted by atomic mass is 10.1. The van der Waals surface area contributed by atoms with Crippen molar-refractivity contribution in [3.05, 3.63) is 0 Å². The fraction of sp³-hybridized carbons (Fsp3) is 1.00. The van der Waals surface area contributed by atoms with Gasteiger partial charge in [-0.1, -0.05) is 20.8 Å². The van der Waals surface area contributed by atoms with Crippen molar-refractivity contribution >= 4 is 0 Å². The van der Waals surface area contributed by atoms with E-state index in [0.717, 1.165) is 13.1 Å². The largest absolute Gasteiger partial charge is 0.392 e. The number of nitrogens with zero attached hydrogens (tertiary/aromatic N) is 1. The standard InChI is InChI=1S/C10H23NO/c1-6-11(9(4)5)7-10(12)8(2)3/h8-10,12H,6-7H2,1-5H3. The van der Waals surface area contributed by atoms with Gasteiger partial charge in [0.2, 0.25) is 0 Å². The molecule has 12 heavy (non-hydrogen) atoms. The van der Waals surface area contributed by atoms with Gasteiger partial charge in [-0.2, -0.15) is 0 Å². The predicted molar refractivity (Wildman–Crippen MR) is 53.2 cm³/mol. The highest BCUT2D eigenvalue weighted by atomic mass is 16.3. The molecule has 0 aromatic carbocycles. The smallest absolute Gasteiger partial charge is 0.0690 e. The lowest BCUT2D eigenvalue weighted by molar-refractivity contribution is 0.0662. The van der Waals surface area contributed by atoms with Crippen LogP contribution in [-0.2, 0) is 0 Å². The molecule has 2 nitrogen and oxygen atoms in total. The molecule has 0 amide bonds. The van der Waals surface area contributed by atoms with Gasteiger partial charge in [0.15, 0.2) is 0 Å². The van der Waals surface area contributed by atoms with Crippen LogP contribution in [0, 0.1) is 5.92 Å². The zero-order valence-corrected chi connectivity index (χ0v) is 9.04. The highest BCUT2D eigenvalue weighted by molar-refractivity contribution is 4.68. The minimum absolute atomic E-state index is 0.188. The number of rotatable bonds is 5. The van der Waals surface area contributed by atoms with Gasteiger partial charge in [-0.05, 0) is 26.3 Å². The van der Waals surface area contributed by atoms with Gasteiger partial charge >= 0.3 is 0 Å². The van der Waals surface area contributed by atoms with E-state index in [-0.39, 0.29) is 6.10 Å². The Bertz CT molecular complexity index is 112. The molecule has 0 heterocycles. The summed E-state index contributed by atoms with van der Waals surface area (Å²) >= 11 is 0. The van der Waals surface area contributed by atoms with E-state index in [4.69, 9.17) is 0 Å². The third-order valence-electron chi connectivity index (χ3n) is 2.33. The molecule has 0 aliphatic carbocycles. The third-order valence-corrected chi connectivity index (χ3v) is 2.33. The maximum absolute atomic E-state index is 9.64. The van der Waals surface area contributed by atoms with Crippen LogP contribution < -0.4 is 0 Å². The van der Waals surface area contributed by atoms with Gasteiger partial charge in [-0.15, -0.1) is 0 Å². The number of likely N-dealkylation sites (N-methyl/N-ethyl adjacent to an activating group) is 1. The molecule has 1 atom stereocenters. The summed E-state index contributed by atoms with van der Waals surface area (Å²) in [5, 5.41) is 9.64. The van der Waals surface area contributed by atoms with Crippen molar-refractivity contribution in [3.63, 3.8) is 0 Å². The normalized spacial score (nSPS) is 14.8. The zero-order chi connectivity index (χ0) is 9.72. The molecule has 0 saturated heterocycles. The Kier molecular flexibility index (Phi) is 5.51. The van der Waals surface area contributed by atoms with Gasteiger partial charge in [0, 0.05) is 12.6 Å². The number of hydrogen-bond donors (Lipinski definition) is 1. The maximum Gasteiger partial charge on any atom is 0.0690 e. The number of aliphatic hydroxyl groups is 1. The Morgan fingerprint density at radius 3 is 1.92 bits per heavy atom. The fourth-order valence-corrected chi connectivity index (χ4v) is 1.16. The molecular formula is C10H23NO. The molecule has 0 fully saturated rings. The van der Waals surface area contributed by atoms with E-state index in [1.165, 1.54) is 0 Å². The average molecular weight is 173 g/mol. The molecule has 1 unspecified atom stereocenters. The van der Waals surface area contributed by atoms with Crippen LogP contribution in [-0.4, -0.2) is 35.2 Å². The van der Waals surface area contributed by atoms with Crippen molar-refractivity contribution in [1.82, 2.24) is 4.90 Å². The Hall–Kier alpha value is -0.0800. The minimum atomic E-state index is -0.188. The molecule has 0 rings (SSSR count). The van der Waals surface area contributed by atoms with Crippen molar-refractivity contribution in [2.45, 2.75) is 46.8 Å². The second-order valence-electron chi connectivity index (χ2n) is 3.99. The van der Waals surface area contributed by atoms with E-state index >= 15 is 0 Å². The van der Waals surface area contributed by atoms with E-state index in [0.29, 0.717) is 12.0 Å². The van der Waals surface area contributed by atoms with E-state index in [1.54, 1.807) is 0 Å². The summed E-state index contributed by atoms with van der Waals surface area (Å²) in [5.41, 5.74) is 0. The van der Waals surface area contributed by atoms with Crippen molar-refractivity contribution < 1.29 is 5.11 Å². The molecule has 0 saturated carbocycles. The van der Waals surface area contributed by atoms with Crippen molar-refractivity contribution in [2.24, 2.45) is 5.92 Å². The van der Waals surface area contributed by atoms with Crippen LogP contribution in [0.15, 0.2) is 0 Å². The lowest BCUT2D eigenvalue weighted by Gasteiger charge is -2.28.